The number of fused-ring (bicyclic) bond motifs is 2. The number of hydrogen-bond donors (Lipinski definition) is 1. The number of aromatic nitrogens is 1. The molecular formula is C28H32ClF2N3O3. The van der Waals surface area contributed by atoms with Crippen molar-refractivity contribution in [2.45, 2.75) is 39.3 Å². The first-order chi connectivity index (χ1) is 17.7. The zero-order chi connectivity index (χ0) is 26.2. The van der Waals surface area contributed by atoms with Crippen molar-refractivity contribution in [1.29, 1.82) is 0 Å². The van der Waals surface area contributed by atoms with Gasteiger partial charge in [0.1, 0.15) is 0 Å². The number of nitrogens with one attached hydrogen (secondary N) is 1. The molecule has 3 aromatic rings. The summed E-state index contributed by atoms with van der Waals surface area (Å²) in [5, 5.41) is 1.39. The van der Waals surface area contributed by atoms with E-state index in [1.807, 2.05) is 11.1 Å². The average Bonchev–Trinajstić information content (AvgIpc) is 3.48. The standard InChI is InChI=1S/C28H32ClF2N3O3/c1-18(2)12-34(13-19-10-23(29)26-24(11-19)36-16-28(30,31)17-37-26)27(35)22-7-9-33(15-22)14-21-5-3-4-20-6-8-32-25(20)21/h3-6,8,10-11,18,22,32H,7,9,12-17H2,1-2H3/t22-/m1/s1. The summed E-state index contributed by atoms with van der Waals surface area (Å²) in [6.45, 7) is 5.82. The Morgan fingerprint density at radius 1 is 1.24 bits per heavy atom. The van der Waals surface area contributed by atoms with Gasteiger partial charge in [0.2, 0.25) is 5.91 Å². The van der Waals surface area contributed by atoms with E-state index in [0.29, 0.717) is 19.6 Å². The van der Waals surface area contributed by atoms with Crippen LogP contribution in [0.2, 0.25) is 5.02 Å². The number of H-pyrrole nitrogens is 1. The number of alkyl halides is 2. The first kappa shape index (κ1) is 25.8. The van der Waals surface area contributed by atoms with Crippen molar-refractivity contribution >= 4 is 28.4 Å². The molecule has 1 saturated heterocycles. The maximum Gasteiger partial charge on any atom is 0.314 e. The van der Waals surface area contributed by atoms with Crippen molar-refractivity contribution in [3.8, 4) is 11.5 Å². The van der Waals surface area contributed by atoms with Crippen LogP contribution in [0.5, 0.6) is 11.5 Å². The summed E-state index contributed by atoms with van der Waals surface area (Å²) in [6.07, 6.45) is 2.75. The number of halogens is 3. The summed E-state index contributed by atoms with van der Waals surface area (Å²) >= 11 is 6.38. The second kappa shape index (κ2) is 10.5. The summed E-state index contributed by atoms with van der Waals surface area (Å²) in [6, 6.07) is 11.7. The Kier molecular flexibility index (Phi) is 7.32. The third-order valence-electron chi connectivity index (χ3n) is 6.90. The summed E-state index contributed by atoms with van der Waals surface area (Å²) in [5.41, 5.74) is 3.09. The summed E-state index contributed by atoms with van der Waals surface area (Å²) in [7, 11) is 0. The molecule has 0 saturated carbocycles. The molecule has 3 heterocycles. The Hall–Kier alpha value is -2.84. The predicted molar refractivity (Wildman–Crippen MR) is 139 cm³/mol. The van der Waals surface area contributed by atoms with E-state index in [-0.39, 0.29) is 34.3 Å². The Morgan fingerprint density at radius 2 is 2.05 bits per heavy atom. The van der Waals surface area contributed by atoms with Crippen LogP contribution in [0.4, 0.5) is 8.78 Å². The van der Waals surface area contributed by atoms with Gasteiger partial charge in [-0.3, -0.25) is 9.69 Å². The SMILES string of the molecule is CC(C)CN(Cc1cc(Cl)c2c(c1)OCC(F)(F)CO2)C(=O)[C@@H]1CCN(Cc2cccc3cc[nH]c23)C1. The first-order valence-electron chi connectivity index (χ1n) is 12.7. The minimum absolute atomic E-state index is 0.101. The maximum atomic E-state index is 13.8. The highest BCUT2D eigenvalue weighted by atomic mass is 35.5. The average molecular weight is 532 g/mol. The molecule has 0 unspecified atom stereocenters. The fourth-order valence-electron chi connectivity index (χ4n) is 5.21. The summed E-state index contributed by atoms with van der Waals surface area (Å²) in [4.78, 5) is 21.2. The predicted octanol–water partition coefficient (Wildman–Crippen LogP) is 5.73. The van der Waals surface area contributed by atoms with Crippen LogP contribution in [0, 0.1) is 11.8 Å². The second-order valence-corrected chi connectivity index (χ2v) is 10.9. The van der Waals surface area contributed by atoms with Gasteiger partial charge in [-0.2, -0.15) is 8.78 Å². The minimum Gasteiger partial charge on any atom is -0.483 e. The van der Waals surface area contributed by atoms with Crippen LogP contribution in [-0.4, -0.2) is 59.5 Å². The Balaban J connectivity index is 1.28. The molecule has 5 rings (SSSR count). The second-order valence-electron chi connectivity index (χ2n) is 10.5. The number of likely N-dealkylation sites (tertiary alicyclic amines) is 1. The Bertz CT molecular complexity index is 1280. The molecule has 0 radical (unpaired) electrons. The van der Waals surface area contributed by atoms with E-state index >= 15 is 0 Å². The van der Waals surface area contributed by atoms with Crippen LogP contribution < -0.4 is 9.47 Å². The summed E-state index contributed by atoms with van der Waals surface area (Å²) in [5.74, 6) is -2.53. The van der Waals surface area contributed by atoms with Gasteiger partial charge in [0.05, 0.1) is 10.9 Å². The summed E-state index contributed by atoms with van der Waals surface area (Å²) < 4.78 is 38.1. The fraction of sp³-hybridized carbons (Fsp3) is 0.464. The largest absolute Gasteiger partial charge is 0.483 e. The van der Waals surface area contributed by atoms with Crippen LogP contribution in [0.15, 0.2) is 42.6 Å². The van der Waals surface area contributed by atoms with Crippen LogP contribution >= 0.6 is 11.6 Å². The molecule has 6 nitrogen and oxygen atoms in total. The number of aromatic amines is 1. The highest BCUT2D eigenvalue weighted by molar-refractivity contribution is 6.32. The lowest BCUT2D eigenvalue weighted by Gasteiger charge is -2.28. The zero-order valence-electron chi connectivity index (χ0n) is 21.1. The first-order valence-corrected chi connectivity index (χ1v) is 13.1. The number of benzene rings is 2. The molecule has 198 valence electrons. The molecule has 2 aromatic carbocycles. The normalized spacial score (nSPS) is 19.4. The fourth-order valence-corrected chi connectivity index (χ4v) is 5.50. The molecule has 0 bridgehead atoms. The minimum atomic E-state index is -3.09. The molecule has 9 heteroatoms. The van der Waals surface area contributed by atoms with Crippen molar-refractivity contribution in [2.24, 2.45) is 11.8 Å². The number of rotatable bonds is 7. The van der Waals surface area contributed by atoms with Crippen molar-refractivity contribution in [1.82, 2.24) is 14.8 Å². The molecule has 1 N–H and O–H groups in total. The Labute approximate surface area is 220 Å². The number of hydrogen-bond acceptors (Lipinski definition) is 4. The number of amides is 1. The van der Waals surface area contributed by atoms with Crippen LogP contribution in [0.1, 0.15) is 31.4 Å². The van der Waals surface area contributed by atoms with E-state index in [0.717, 1.165) is 30.6 Å². The number of carbonyl (C=O) groups is 1. The lowest BCUT2D eigenvalue weighted by atomic mass is 10.0. The quantitative estimate of drug-likeness (QED) is 0.423. The molecule has 37 heavy (non-hydrogen) atoms. The molecule has 2 aliphatic rings. The van der Waals surface area contributed by atoms with Gasteiger partial charge in [0.15, 0.2) is 24.7 Å². The number of ether oxygens (including phenoxy) is 2. The van der Waals surface area contributed by atoms with Crippen molar-refractivity contribution in [3.63, 3.8) is 0 Å². The van der Waals surface area contributed by atoms with Crippen molar-refractivity contribution < 1.29 is 23.0 Å². The van der Waals surface area contributed by atoms with Crippen molar-refractivity contribution in [2.75, 3.05) is 32.8 Å². The third-order valence-corrected chi connectivity index (χ3v) is 7.18. The molecule has 1 atom stereocenters. The topological polar surface area (TPSA) is 57.8 Å². The molecule has 0 aliphatic carbocycles. The van der Waals surface area contributed by atoms with E-state index < -0.39 is 19.1 Å². The van der Waals surface area contributed by atoms with E-state index in [2.05, 4.69) is 48.0 Å². The van der Waals surface area contributed by atoms with Gasteiger partial charge >= 0.3 is 5.92 Å². The van der Waals surface area contributed by atoms with E-state index in [1.54, 1.807) is 12.1 Å². The molecular weight excluding hydrogens is 500 g/mol. The van der Waals surface area contributed by atoms with Crippen LogP contribution in [-0.2, 0) is 17.9 Å². The van der Waals surface area contributed by atoms with E-state index in [4.69, 9.17) is 21.1 Å². The van der Waals surface area contributed by atoms with Crippen LogP contribution in [0.3, 0.4) is 0 Å². The zero-order valence-corrected chi connectivity index (χ0v) is 21.9. The lowest BCUT2D eigenvalue weighted by molar-refractivity contribution is -0.136. The molecule has 1 aromatic heterocycles. The van der Waals surface area contributed by atoms with Gasteiger partial charge in [-0.25, -0.2) is 0 Å². The van der Waals surface area contributed by atoms with Gasteiger partial charge in [0, 0.05) is 37.9 Å². The maximum absolute atomic E-state index is 13.8. The Morgan fingerprint density at radius 3 is 2.86 bits per heavy atom. The van der Waals surface area contributed by atoms with Gasteiger partial charge in [-0.1, -0.05) is 43.6 Å². The van der Waals surface area contributed by atoms with Crippen molar-refractivity contribution in [3.05, 3.63) is 58.7 Å². The van der Waals surface area contributed by atoms with Gasteiger partial charge in [-0.15, -0.1) is 0 Å². The van der Waals surface area contributed by atoms with Gasteiger partial charge < -0.3 is 19.4 Å². The van der Waals surface area contributed by atoms with E-state index in [1.165, 1.54) is 10.9 Å². The van der Waals surface area contributed by atoms with E-state index in [9.17, 15) is 13.6 Å². The number of nitrogens with zero attached hydrogens (tertiary/aromatic N) is 2. The van der Waals surface area contributed by atoms with Crippen LogP contribution in [0.25, 0.3) is 10.9 Å². The lowest BCUT2D eigenvalue weighted by Crippen LogP contribution is -2.39. The monoisotopic (exact) mass is 531 g/mol. The highest BCUT2D eigenvalue weighted by Gasteiger charge is 2.36. The molecule has 1 amide bonds. The molecule has 2 aliphatic heterocycles. The molecule has 1 fully saturated rings. The smallest absolute Gasteiger partial charge is 0.314 e. The highest BCUT2D eigenvalue weighted by Crippen LogP contribution is 2.40. The third kappa shape index (κ3) is 5.85. The molecule has 0 spiro atoms. The van der Waals surface area contributed by atoms with Gasteiger partial charge in [-0.05, 0) is 53.6 Å². The number of carbonyl (C=O) groups excluding carboxylic acids is 1. The van der Waals surface area contributed by atoms with Gasteiger partial charge in [0.25, 0.3) is 0 Å². The number of para-hydroxylation sites is 1.